The van der Waals surface area contributed by atoms with Gasteiger partial charge in [0.2, 0.25) is 25.3 Å². The maximum absolute atomic E-state index is 9.08. The van der Waals surface area contributed by atoms with Gasteiger partial charge in [0.15, 0.2) is 44.1 Å². The van der Waals surface area contributed by atoms with E-state index in [2.05, 4.69) is 215 Å². The summed E-state index contributed by atoms with van der Waals surface area (Å²) in [6.07, 6.45) is 10.3. The molecular weight excluding hydrogens is 888 g/mol. The number of hydrogen-bond acceptors (Lipinski definition) is 9. The van der Waals surface area contributed by atoms with Gasteiger partial charge in [-0.05, 0) is 76.2 Å². The SMILES string of the molecule is CCn1c[n+](C)c2ccccc21.CCn1c[n+](C)c2ccccc21.CCn1c[n+](C)c2ccccc21.CCn1c[n+](C)c2ccccc21.CS(=O)(=O)[O-].CS(=O)(=O)[O-].CS(=O)(=O)[O-].[F-]. The number of rotatable bonds is 4. The fourth-order valence-corrected chi connectivity index (χ4v) is 6.36. The lowest BCUT2D eigenvalue weighted by Crippen LogP contribution is -3.00. The van der Waals surface area contributed by atoms with Crippen molar-refractivity contribution in [2.45, 2.75) is 53.9 Å². The first-order valence-corrected chi connectivity index (χ1v) is 25.2. The molecule has 0 spiro atoms. The minimum atomic E-state index is -3.92. The summed E-state index contributed by atoms with van der Waals surface area (Å²) < 4.78 is 99.3. The highest BCUT2D eigenvalue weighted by Crippen LogP contribution is 2.12. The van der Waals surface area contributed by atoms with Crippen LogP contribution in [-0.2, 0) is 84.7 Å². The fourth-order valence-electron chi connectivity index (χ4n) is 6.36. The lowest BCUT2D eigenvalue weighted by atomic mass is 10.3. The van der Waals surface area contributed by atoms with Gasteiger partial charge >= 0.3 is 0 Å². The zero-order valence-electron chi connectivity index (χ0n) is 38.2. The molecule has 0 atom stereocenters. The van der Waals surface area contributed by atoms with Gasteiger partial charge < -0.3 is 18.4 Å². The number of halogens is 1. The Labute approximate surface area is 376 Å². The van der Waals surface area contributed by atoms with Gasteiger partial charge in [-0.3, -0.25) is 0 Å². The van der Waals surface area contributed by atoms with Crippen molar-refractivity contribution >= 4 is 74.5 Å². The van der Waals surface area contributed by atoms with Crippen LogP contribution in [0.25, 0.3) is 44.1 Å². The van der Waals surface area contributed by atoms with E-state index in [0.29, 0.717) is 18.8 Å². The molecule has 0 bridgehead atoms. The van der Waals surface area contributed by atoms with E-state index in [0.717, 1.165) is 26.2 Å². The maximum atomic E-state index is 9.08. The zero-order valence-corrected chi connectivity index (χ0v) is 40.7. The zero-order chi connectivity index (χ0) is 47.7. The summed E-state index contributed by atoms with van der Waals surface area (Å²) in [5.41, 5.74) is 10.4. The van der Waals surface area contributed by atoms with Gasteiger partial charge in [-0.15, -0.1) is 0 Å². The van der Waals surface area contributed by atoms with Crippen molar-refractivity contribution in [1.82, 2.24) is 18.3 Å². The largest absolute Gasteiger partial charge is 1.00 e. The smallest absolute Gasteiger partial charge is 0.244 e. The number of fused-ring (bicyclic) bond motifs is 4. The Balaban J connectivity index is 0.000000385. The van der Waals surface area contributed by atoms with Crippen LogP contribution in [0.2, 0.25) is 0 Å². The lowest BCUT2D eigenvalue weighted by Gasteiger charge is -1.90. The highest BCUT2D eigenvalue weighted by molar-refractivity contribution is 7.85. The van der Waals surface area contributed by atoms with Crippen LogP contribution in [0, 0.1) is 0 Å². The van der Waals surface area contributed by atoms with Crippen molar-refractivity contribution in [2.24, 2.45) is 28.2 Å². The predicted octanol–water partition coefficient (Wildman–Crippen LogP) is 0.431. The number of imidazole rings is 4. The summed E-state index contributed by atoms with van der Waals surface area (Å²) in [6, 6.07) is 33.8. The van der Waals surface area contributed by atoms with Crippen LogP contribution in [0.4, 0.5) is 0 Å². The molecule has 352 valence electrons. The van der Waals surface area contributed by atoms with Crippen LogP contribution in [-0.4, -0.2) is 75.9 Å². The van der Waals surface area contributed by atoms with Crippen molar-refractivity contribution in [3.05, 3.63) is 122 Å². The molecule has 17 nitrogen and oxygen atoms in total. The molecule has 0 radical (unpaired) electrons. The average Bonchev–Trinajstić information content (AvgIpc) is 3.93. The van der Waals surface area contributed by atoms with E-state index in [4.69, 9.17) is 38.9 Å². The Morgan fingerprint density at radius 2 is 0.516 bits per heavy atom. The van der Waals surface area contributed by atoms with Crippen LogP contribution in [0.15, 0.2) is 122 Å². The second kappa shape index (κ2) is 25.6. The van der Waals surface area contributed by atoms with Crippen molar-refractivity contribution in [3.8, 4) is 0 Å². The van der Waals surface area contributed by atoms with Crippen LogP contribution in [0.1, 0.15) is 27.7 Å². The van der Waals surface area contributed by atoms with Gasteiger partial charge in [0.25, 0.3) is 0 Å². The van der Waals surface area contributed by atoms with Gasteiger partial charge in [-0.2, -0.15) is 0 Å². The minimum Gasteiger partial charge on any atom is -1.00 e. The topological polar surface area (TPSA) is 207 Å². The fraction of sp³-hybridized carbons (Fsp3) is 0.349. The molecule has 8 rings (SSSR count). The first-order chi connectivity index (χ1) is 29.3. The molecule has 0 amide bonds. The molecule has 64 heavy (non-hydrogen) atoms. The molecule has 4 aromatic heterocycles. The van der Waals surface area contributed by atoms with E-state index in [-0.39, 0.29) is 4.70 Å². The van der Waals surface area contributed by atoms with Crippen molar-refractivity contribution in [3.63, 3.8) is 0 Å². The van der Waals surface area contributed by atoms with E-state index in [9.17, 15) is 0 Å². The first kappa shape index (κ1) is 56.4. The quantitative estimate of drug-likeness (QED) is 0.177. The first-order valence-electron chi connectivity index (χ1n) is 19.8. The molecule has 4 heterocycles. The molecule has 0 fully saturated rings. The van der Waals surface area contributed by atoms with E-state index < -0.39 is 30.4 Å². The molecule has 0 unspecified atom stereocenters. The molecule has 0 saturated heterocycles. The normalized spacial score (nSPS) is 10.8. The molecule has 4 aromatic carbocycles. The van der Waals surface area contributed by atoms with Crippen molar-refractivity contribution in [2.75, 3.05) is 18.8 Å². The van der Waals surface area contributed by atoms with E-state index in [1.54, 1.807) is 0 Å². The third kappa shape index (κ3) is 19.4. The van der Waals surface area contributed by atoms with E-state index in [1.165, 1.54) is 44.1 Å². The summed E-state index contributed by atoms with van der Waals surface area (Å²) >= 11 is 0. The number of nitrogens with zero attached hydrogens (tertiary/aromatic N) is 8. The third-order valence-corrected chi connectivity index (χ3v) is 8.90. The van der Waals surface area contributed by atoms with Crippen LogP contribution in [0.3, 0.4) is 0 Å². The molecule has 0 aliphatic carbocycles. The molecule has 0 saturated carbocycles. The van der Waals surface area contributed by atoms with Gasteiger partial charge in [-0.25, -0.2) is 61.8 Å². The lowest BCUT2D eigenvalue weighted by molar-refractivity contribution is -0.645. The number of hydrogen-bond donors (Lipinski definition) is 0. The summed E-state index contributed by atoms with van der Waals surface area (Å²) in [6.45, 7) is 12.8. The van der Waals surface area contributed by atoms with Gasteiger partial charge in [0, 0.05) is 18.8 Å². The second-order valence-electron chi connectivity index (χ2n) is 14.1. The third-order valence-electron chi connectivity index (χ3n) is 8.90. The molecule has 0 aliphatic rings. The summed E-state index contributed by atoms with van der Waals surface area (Å²) in [5, 5.41) is 0. The highest BCUT2D eigenvalue weighted by atomic mass is 32.2. The highest BCUT2D eigenvalue weighted by Gasteiger charge is 2.12. The maximum Gasteiger partial charge on any atom is 0.244 e. The van der Waals surface area contributed by atoms with Gasteiger partial charge in [0.1, 0.15) is 0 Å². The molecule has 0 N–H and O–H groups in total. The summed E-state index contributed by atoms with van der Waals surface area (Å²) in [7, 11) is -3.44. The van der Waals surface area contributed by atoms with Crippen molar-refractivity contribution in [1.29, 1.82) is 0 Å². The predicted molar refractivity (Wildman–Crippen MR) is 242 cm³/mol. The van der Waals surface area contributed by atoms with Crippen LogP contribution < -0.4 is 23.0 Å². The monoisotopic (exact) mass is 948 g/mol. The molecule has 8 aromatic rings. The number of aromatic nitrogens is 8. The second-order valence-corrected chi connectivity index (χ2v) is 18.3. The number of aryl methyl sites for hydroxylation is 8. The molecular formula is C43H61FN8O9S3. The van der Waals surface area contributed by atoms with Crippen molar-refractivity contribution < 1.29 is 61.9 Å². The van der Waals surface area contributed by atoms with E-state index in [1.807, 2.05) is 0 Å². The Morgan fingerprint density at radius 1 is 0.375 bits per heavy atom. The molecule has 21 heteroatoms. The Hall–Kier alpha value is -5.58. The Kier molecular flexibility index (Phi) is 22.6. The summed E-state index contributed by atoms with van der Waals surface area (Å²) in [5.74, 6) is 0. The van der Waals surface area contributed by atoms with Crippen LogP contribution in [0.5, 0.6) is 0 Å². The summed E-state index contributed by atoms with van der Waals surface area (Å²) in [4.78, 5) is 0. The average molecular weight is 949 g/mol. The number of para-hydroxylation sites is 8. The minimum absolute atomic E-state index is 0. The van der Waals surface area contributed by atoms with Crippen LogP contribution >= 0.6 is 0 Å². The molecule has 0 aliphatic heterocycles. The number of benzene rings is 4. The Morgan fingerprint density at radius 3 is 0.656 bits per heavy atom. The Bertz CT molecular complexity index is 2620. The van der Waals surface area contributed by atoms with Gasteiger partial charge in [-0.1, -0.05) is 48.5 Å². The standard InChI is InChI=1S/4C10H13N2.3CH4O3S.FH/c4*1-3-12-8-11(2)9-6-4-5-7-10(9)12;3*1-5(2,3)4;/h4*4-8H,3H2,1-2H3;3*1H3,(H,2,3,4);1H/q4*+1;;;;/p-4. The van der Waals surface area contributed by atoms with Gasteiger partial charge in [0.05, 0.1) is 84.7 Å². The van der Waals surface area contributed by atoms with E-state index >= 15 is 0 Å².